The summed E-state index contributed by atoms with van der Waals surface area (Å²) in [5.41, 5.74) is 14.8. The highest BCUT2D eigenvalue weighted by atomic mass is 15.0. The fraction of sp³-hybridized carbons (Fsp3) is 0.200. The quantitative estimate of drug-likeness (QED) is 0.613. The molecular weight excluding hydrogens is 176 g/mol. The number of aromatic nitrogens is 2. The zero-order valence-electron chi connectivity index (χ0n) is 8.20. The zero-order valence-corrected chi connectivity index (χ0v) is 8.20. The maximum atomic E-state index is 5.72. The molecule has 2 aromatic rings. The van der Waals surface area contributed by atoms with Gasteiger partial charge in [0.1, 0.15) is 0 Å². The first kappa shape index (κ1) is 8.74. The van der Waals surface area contributed by atoms with E-state index in [1.807, 2.05) is 26.0 Å². The van der Waals surface area contributed by atoms with Crippen molar-refractivity contribution >= 4 is 22.5 Å². The lowest BCUT2D eigenvalue weighted by atomic mass is 10.1. The smallest absolute Gasteiger partial charge is 0.220 e. The minimum Gasteiger partial charge on any atom is -0.399 e. The molecule has 0 bridgehead atoms. The second kappa shape index (κ2) is 2.83. The fourth-order valence-electron chi connectivity index (χ4n) is 1.73. The summed E-state index contributed by atoms with van der Waals surface area (Å²) in [5, 5.41) is 1.04. The van der Waals surface area contributed by atoms with Gasteiger partial charge in [-0.3, -0.25) is 0 Å². The van der Waals surface area contributed by atoms with E-state index in [4.69, 9.17) is 11.5 Å². The van der Waals surface area contributed by atoms with Crippen LogP contribution in [0.15, 0.2) is 12.1 Å². The van der Waals surface area contributed by atoms with Crippen LogP contribution in [0.2, 0.25) is 0 Å². The highest BCUT2D eigenvalue weighted by Crippen LogP contribution is 2.23. The number of nitrogens with zero attached hydrogens (tertiary/aromatic N) is 2. The molecule has 0 aliphatic rings. The van der Waals surface area contributed by atoms with Crippen molar-refractivity contribution in [3.05, 3.63) is 23.4 Å². The van der Waals surface area contributed by atoms with E-state index in [2.05, 4.69) is 9.97 Å². The van der Waals surface area contributed by atoms with Gasteiger partial charge in [-0.2, -0.15) is 0 Å². The monoisotopic (exact) mass is 188 g/mol. The van der Waals surface area contributed by atoms with E-state index in [0.29, 0.717) is 11.6 Å². The topological polar surface area (TPSA) is 77.8 Å². The number of aryl methyl sites for hydroxylation is 2. The van der Waals surface area contributed by atoms with Crippen LogP contribution in [0.1, 0.15) is 11.3 Å². The van der Waals surface area contributed by atoms with Crippen molar-refractivity contribution in [2.45, 2.75) is 13.8 Å². The molecule has 0 amide bonds. The molecule has 4 nitrogen and oxygen atoms in total. The molecule has 0 aliphatic carbocycles. The van der Waals surface area contributed by atoms with Gasteiger partial charge in [0.2, 0.25) is 5.95 Å². The third kappa shape index (κ3) is 1.25. The average molecular weight is 188 g/mol. The molecule has 1 aromatic carbocycles. The third-order valence-corrected chi connectivity index (χ3v) is 2.22. The Morgan fingerprint density at radius 3 is 2.50 bits per heavy atom. The molecule has 0 spiro atoms. The largest absolute Gasteiger partial charge is 0.399 e. The molecule has 0 aliphatic heterocycles. The first-order chi connectivity index (χ1) is 6.58. The van der Waals surface area contributed by atoms with Crippen molar-refractivity contribution in [2.75, 3.05) is 11.5 Å². The van der Waals surface area contributed by atoms with Crippen molar-refractivity contribution in [1.29, 1.82) is 0 Å². The van der Waals surface area contributed by atoms with E-state index in [-0.39, 0.29) is 0 Å². The standard InChI is InChI=1S/C10H12N4/c1-5-3-7(11)4-8-9(5)6(2)13-10(12)14-8/h3-4H,11H2,1-2H3,(H2,12,13,14). The van der Waals surface area contributed by atoms with E-state index in [1.165, 1.54) is 0 Å². The van der Waals surface area contributed by atoms with E-state index < -0.39 is 0 Å². The van der Waals surface area contributed by atoms with Crippen LogP contribution >= 0.6 is 0 Å². The Morgan fingerprint density at radius 2 is 1.79 bits per heavy atom. The van der Waals surface area contributed by atoms with Crippen molar-refractivity contribution in [2.24, 2.45) is 0 Å². The van der Waals surface area contributed by atoms with Crippen LogP contribution in [0, 0.1) is 13.8 Å². The molecule has 0 saturated heterocycles. The lowest BCUT2D eigenvalue weighted by molar-refractivity contribution is 1.16. The van der Waals surface area contributed by atoms with Gasteiger partial charge in [-0.25, -0.2) is 9.97 Å². The average Bonchev–Trinajstić information content (AvgIpc) is 1.99. The van der Waals surface area contributed by atoms with Crippen LogP contribution in [0.25, 0.3) is 10.9 Å². The molecule has 0 radical (unpaired) electrons. The molecule has 4 N–H and O–H groups in total. The van der Waals surface area contributed by atoms with Crippen LogP contribution in [-0.4, -0.2) is 9.97 Å². The number of benzene rings is 1. The van der Waals surface area contributed by atoms with Crippen molar-refractivity contribution in [3.8, 4) is 0 Å². The van der Waals surface area contributed by atoms with Crippen LogP contribution < -0.4 is 11.5 Å². The number of rotatable bonds is 0. The number of hydrogen-bond donors (Lipinski definition) is 2. The first-order valence-corrected chi connectivity index (χ1v) is 4.38. The summed E-state index contributed by atoms with van der Waals surface area (Å²) < 4.78 is 0. The van der Waals surface area contributed by atoms with E-state index in [0.717, 1.165) is 22.2 Å². The van der Waals surface area contributed by atoms with Crippen molar-refractivity contribution in [1.82, 2.24) is 9.97 Å². The van der Waals surface area contributed by atoms with Gasteiger partial charge in [0.15, 0.2) is 0 Å². The number of nitrogen functional groups attached to an aromatic ring is 2. The normalized spacial score (nSPS) is 10.7. The summed E-state index contributed by atoms with van der Waals surface area (Å²) in [4.78, 5) is 8.26. The van der Waals surface area contributed by atoms with E-state index in [9.17, 15) is 0 Å². The van der Waals surface area contributed by atoms with Gasteiger partial charge in [-0.1, -0.05) is 0 Å². The van der Waals surface area contributed by atoms with Gasteiger partial charge in [0.05, 0.1) is 11.2 Å². The Labute approximate surface area is 82.0 Å². The Kier molecular flexibility index (Phi) is 1.77. The van der Waals surface area contributed by atoms with Gasteiger partial charge < -0.3 is 11.5 Å². The minimum absolute atomic E-state index is 0.292. The van der Waals surface area contributed by atoms with Crippen LogP contribution in [0.3, 0.4) is 0 Å². The second-order valence-electron chi connectivity index (χ2n) is 3.40. The predicted molar refractivity (Wildman–Crippen MR) is 57.8 cm³/mol. The van der Waals surface area contributed by atoms with E-state index in [1.54, 1.807) is 0 Å². The van der Waals surface area contributed by atoms with Gasteiger partial charge in [-0.15, -0.1) is 0 Å². The van der Waals surface area contributed by atoms with Crippen LogP contribution in [0.4, 0.5) is 11.6 Å². The minimum atomic E-state index is 0.292. The summed E-state index contributed by atoms with van der Waals surface area (Å²) in [5.74, 6) is 0.292. The molecule has 0 fully saturated rings. The van der Waals surface area contributed by atoms with Crippen LogP contribution in [0.5, 0.6) is 0 Å². The Balaban J connectivity index is 2.94. The number of anilines is 2. The lowest BCUT2D eigenvalue weighted by Crippen LogP contribution is -1.99. The predicted octanol–water partition coefficient (Wildman–Crippen LogP) is 1.41. The molecule has 14 heavy (non-hydrogen) atoms. The van der Waals surface area contributed by atoms with Gasteiger partial charge in [0.25, 0.3) is 0 Å². The molecule has 2 rings (SSSR count). The molecule has 0 atom stereocenters. The highest BCUT2D eigenvalue weighted by Gasteiger charge is 2.05. The number of fused-ring (bicyclic) bond motifs is 1. The first-order valence-electron chi connectivity index (χ1n) is 4.38. The van der Waals surface area contributed by atoms with E-state index >= 15 is 0 Å². The lowest BCUT2D eigenvalue weighted by Gasteiger charge is -2.06. The number of nitrogens with two attached hydrogens (primary N) is 2. The fourth-order valence-corrected chi connectivity index (χ4v) is 1.73. The molecule has 0 saturated carbocycles. The van der Waals surface area contributed by atoms with Crippen molar-refractivity contribution < 1.29 is 0 Å². The summed E-state index contributed by atoms with van der Waals surface area (Å²) in [6, 6.07) is 3.72. The molecule has 1 heterocycles. The Hall–Kier alpha value is -1.84. The Morgan fingerprint density at radius 1 is 1.07 bits per heavy atom. The zero-order chi connectivity index (χ0) is 10.3. The maximum Gasteiger partial charge on any atom is 0.220 e. The summed E-state index contributed by atoms with van der Waals surface area (Å²) in [7, 11) is 0. The van der Waals surface area contributed by atoms with Gasteiger partial charge in [-0.05, 0) is 31.5 Å². The third-order valence-electron chi connectivity index (χ3n) is 2.22. The summed E-state index contributed by atoms with van der Waals surface area (Å²) in [6.45, 7) is 3.91. The molecule has 1 aromatic heterocycles. The number of hydrogen-bond acceptors (Lipinski definition) is 4. The molecule has 0 unspecified atom stereocenters. The van der Waals surface area contributed by atoms with Gasteiger partial charge >= 0.3 is 0 Å². The molecule has 4 heteroatoms. The van der Waals surface area contributed by atoms with Gasteiger partial charge in [0, 0.05) is 11.1 Å². The summed E-state index contributed by atoms with van der Waals surface area (Å²) >= 11 is 0. The Bertz CT molecular complexity index is 462. The molecular formula is C10H12N4. The SMILES string of the molecule is Cc1cc(N)cc2nc(N)nc(C)c12. The maximum absolute atomic E-state index is 5.72. The van der Waals surface area contributed by atoms with Crippen molar-refractivity contribution in [3.63, 3.8) is 0 Å². The summed E-state index contributed by atoms with van der Waals surface area (Å²) in [6.07, 6.45) is 0. The highest BCUT2D eigenvalue weighted by molar-refractivity contribution is 5.87. The molecule has 72 valence electrons. The van der Waals surface area contributed by atoms with Crippen LogP contribution in [-0.2, 0) is 0 Å². The second-order valence-corrected chi connectivity index (χ2v) is 3.40.